The number of alkyl halides is 3. The highest BCUT2D eigenvalue weighted by atomic mass is 19.4. The van der Waals surface area contributed by atoms with Gasteiger partial charge in [-0.05, 0) is 68.7 Å². The van der Waals surface area contributed by atoms with Gasteiger partial charge < -0.3 is 10.6 Å². The number of likely N-dealkylation sites (tertiary alicyclic amines) is 1. The van der Waals surface area contributed by atoms with Crippen molar-refractivity contribution in [3.63, 3.8) is 0 Å². The van der Waals surface area contributed by atoms with E-state index in [1.807, 2.05) is 0 Å². The van der Waals surface area contributed by atoms with Crippen molar-refractivity contribution in [3.8, 4) is 5.69 Å². The molecular weight excluding hydrogens is 447 g/mol. The third-order valence-electron chi connectivity index (χ3n) is 6.75. The molecule has 1 amide bonds. The summed E-state index contributed by atoms with van der Waals surface area (Å²) in [5.74, 6) is 0.127. The molecule has 1 saturated carbocycles. The van der Waals surface area contributed by atoms with E-state index in [-0.39, 0.29) is 34.5 Å². The second-order valence-electron chi connectivity index (χ2n) is 9.15. The molecule has 0 spiro atoms. The quantitative estimate of drug-likeness (QED) is 0.623. The van der Waals surface area contributed by atoms with E-state index >= 15 is 0 Å². The minimum Gasteiger partial charge on any atom is -0.383 e. The Morgan fingerprint density at radius 1 is 1.09 bits per heavy atom. The molecule has 2 aliphatic rings. The number of carbonyl (C=O) groups is 1. The number of amides is 1. The van der Waals surface area contributed by atoms with Crippen LogP contribution in [0.1, 0.15) is 57.5 Å². The van der Waals surface area contributed by atoms with Gasteiger partial charge in [-0.2, -0.15) is 23.4 Å². The summed E-state index contributed by atoms with van der Waals surface area (Å²) in [6.45, 7) is 5.41. The zero-order chi connectivity index (χ0) is 24.4. The van der Waals surface area contributed by atoms with Crippen LogP contribution in [-0.4, -0.2) is 42.3 Å². The van der Waals surface area contributed by atoms with Crippen LogP contribution in [0.15, 0.2) is 24.5 Å². The predicted octanol–water partition coefficient (Wildman–Crippen LogP) is 3.81. The van der Waals surface area contributed by atoms with Crippen molar-refractivity contribution in [1.82, 2.24) is 29.9 Å². The van der Waals surface area contributed by atoms with Gasteiger partial charge in [-0.1, -0.05) is 0 Å². The Bertz CT molecular complexity index is 1290. The topological polar surface area (TPSA) is 103 Å². The van der Waals surface area contributed by atoms with Crippen molar-refractivity contribution >= 4 is 11.7 Å². The van der Waals surface area contributed by atoms with E-state index in [1.54, 1.807) is 32.2 Å². The Labute approximate surface area is 194 Å². The number of hydrogen-bond acceptors (Lipinski definition) is 6. The molecule has 0 bridgehead atoms. The zero-order valence-corrected chi connectivity index (χ0v) is 19.0. The van der Waals surface area contributed by atoms with Gasteiger partial charge >= 0.3 is 6.18 Å². The van der Waals surface area contributed by atoms with Crippen LogP contribution < -0.4 is 5.73 Å². The van der Waals surface area contributed by atoms with E-state index in [2.05, 4.69) is 20.2 Å². The smallest absolute Gasteiger partial charge is 0.383 e. The molecule has 34 heavy (non-hydrogen) atoms. The lowest BCUT2D eigenvalue weighted by molar-refractivity contribution is -0.139. The van der Waals surface area contributed by atoms with Gasteiger partial charge in [-0.25, -0.2) is 9.97 Å². The van der Waals surface area contributed by atoms with Crippen molar-refractivity contribution in [3.05, 3.63) is 58.3 Å². The first-order valence-electron chi connectivity index (χ1n) is 11.0. The normalized spacial score (nSPS) is 21.9. The Kier molecular flexibility index (Phi) is 5.10. The molecule has 8 nitrogen and oxygen atoms in total. The van der Waals surface area contributed by atoms with Gasteiger partial charge in [-0.15, -0.1) is 4.80 Å². The van der Waals surface area contributed by atoms with Gasteiger partial charge in [-0.3, -0.25) is 4.79 Å². The summed E-state index contributed by atoms with van der Waals surface area (Å²) in [4.78, 5) is 25.0. The SMILES string of the molecule is Cc1ccc(-n2ncc(C)n2)c(C(=O)N2CC3CC3CC2c2c(C(F)(F)F)cnc(N)c2C)n1. The average Bonchev–Trinajstić information content (AvgIpc) is 3.42. The summed E-state index contributed by atoms with van der Waals surface area (Å²) in [6.07, 6.45) is -0.976. The number of anilines is 1. The molecule has 0 radical (unpaired) electrons. The maximum absolute atomic E-state index is 14.0. The Hall–Kier alpha value is -3.50. The number of nitrogens with zero attached hydrogens (tertiary/aromatic N) is 6. The number of aryl methyl sites for hydroxylation is 2. The molecular formula is C23H24F3N7O. The maximum atomic E-state index is 14.0. The van der Waals surface area contributed by atoms with Crippen molar-refractivity contribution in [2.75, 3.05) is 12.3 Å². The molecule has 3 aromatic heterocycles. The minimum absolute atomic E-state index is 0.0148. The lowest BCUT2D eigenvalue weighted by atomic mass is 9.89. The molecule has 3 atom stereocenters. The molecule has 0 aromatic carbocycles. The number of piperidine rings is 1. The highest BCUT2D eigenvalue weighted by Crippen LogP contribution is 2.53. The Morgan fingerprint density at radius 2 is 1.85 bits per heavy atom. The van der Waals surface area contributed by atoms with E-state index < -0.39 is 23.7 Å². The summed E-state index contributed by atoms with van der Waals surface area (Å²) in [6, 6.07) is 2.65. The summed E-state index contributed by atoms with van der Waals surface area (Å²) in [5, 5.41) is 8.49. The number of pyridine rings is 2. The number of carbonyl (C=O) groups excluding carboxylic acids is 1. The molecule has 1 saturated heterocycles. The van der Waals surface area contributed by atoms with Gasteiger partial charge in [0.05, 0.1) is 23.5 Å². The molecule has 4 heterocycles. The first-order valence-corrected chi connectivity index (χ1v) is 11.0. The first kappa shape index (κ1) is 22.3. The van der Waals surface area contributed by atoms with E-state index in [4.69, 9.17) is 5.73 Å². The van der Waals surface area contributed by atoms with Gasteiger partial charge in [0.15, 0.2) is 5.69 Å². The van der Waals surface area contributed by atoms with Crippen molar-refractivity contribution in [2.24, 2.45) is 11.8 Å². The van der Waals surface area contributed by atoms with Crippen LogP contribution >= 0.6 is 0 Å². The first-order chi connectivity index (χ1) is 16.0. The van der Waals surface area contributed by atoms with Crippen LogP contribution in [0.3, 0.4) is 0 Å². The van der Waals surface area contributed by atoms with Crippen LogP contribution in [0, 0.1) is 32.6 Å². The molecule has 1 aliphatic heterocycles. The fraction of sp³-hybridized carbons (Fsp3) is 0.435. The zero-order valence-electron chi connectivity index (χ0n) is 19.0. The molecule has 1 aliphatic carbocycles. The van der Waals surface area contributed by atoms with E-state index in [0.717, 1.165) is 12.6 Å². The highest BCUT2D eigenvalue weighted by Gasteiger charge is 2.50. The minimum atomic E-state index is -4.63. The fourth-order valence-corrected chi connectivity index (χ4v) is 4.87. The second kappa shape index (κ2) is 7.78. The number of rotatable bonds is 3. The monoisotopic (exact) mass is 471 g/mol. The Morgan fingerprint density at radius 3 is 2.53 bits per heavy atom. The van der Waals surface area contributed by atoms with Gasteiger partial charge in [0.25, 0.3) is 5.91 Å². The summed E-state index contributed by atoms with van der Waals surface area (Å²) in [7, 11) is 0. The molecule has 3 aromatic rings. The van der Waals surface area contributed by atoms with Gasteiger partial charge in [0.2, 0.25) is 0 Å². The summed E-state index contributed by atoms with van der Waals surface area (Å²) < 4.78 is 42.0. The lowest BCUT2D eigenvalue weighted by Crippen LogP contribution is -2.41. The molecule has 2 N–H and O–H groups in total. The van der Waals surface area contributed by atoms with Crippen molar-refractivity contribution in [2.45, 2.75) is 45.8 Å². The number of aromatic nitrogens is 5. The van der Waals surface area contributed by atoms with Crippen molar-refractivity contribution < 1.29 is 18.0 Å². The maximum Gasteiger partial charge on any atom is 0.418 e. The Balaban J connectivity index is 1.63. The van der Waals surface area contributed by atoms with Crippen LogP contribution in [0.4, 0.5) is 19.0 Å². The third kappa shape index (κ3) is 3.78. The summed E-state index contributed by atoms with van der Waals surface area (Å²) in [5.41, 5.74) is 7.08. The predicted molar refractivity (Wildman–Crippen MR) is 117 cm³/mol. The number of nitrogens with two attached hydrogens (primary N) is 1. The molecule has 11 heteroatoms. The largest absolute Gasteiger partial charge is 0.418 e. The van der Waals surface area contributed by atoms with Crippen LogP contribution in [-0.2, 0) is 6.18 Å². The van der Waals surface area contributed by atoms with Crippen LogP contribution in [0.5, 0.6) is 0 Å². The number of fused-ring (bicyclic) bond motifs is 1. The average molecular weight is 471 g/mol. The lowest BCUT2D eigenvalue weighted by Gasteiger charge is -2.38. The number of halogens is 3. The number of hydrogen-bond donors (Lipinski definition) is 1. The van der Waals surface area contributed by atoms with Crippen LogP contribution in [0.2, 0.25) is 0 Å². The fourth-order valence-electron chi connectivity index (χ4n) is 4.87. The standard InChI is InChI=1S/C23H24F3N7O/c1-11-4-5-17(33-29-8-12(2)31-33)20(30-11)22(34)32-10-15-6-14(15)7-18(32)19-13(3)21(27)28-9-16(19)23(24,25)26/h4-5,8-9,14-15,18H,6-7,10H2,1-3H3,(H2,27,28). The van der Waals surface area contributed by atoms with E-state index in [9.17, 15) is 18.0 Å². The van der Waals surface area contributed by atoms with E-state index in [0.29, 0.717) is 30.0 Å². The third-order valence-corrected chi connectivity index (χ3v) is 6.75. The molecule has 5 rings (SSSR count). The molecule has 2 fully saturated rings. The molecule has 178 valence electrons. The highest BCUT2D eigenvalue weighted by molar-refractivity contribution is 5.96. The van der Waals surface area contributed by atoms with Crippen LogP contribution in [0.25, 0.3) is 5.69 Å². The second-order valence-corrected chi connectivity index (χ2v) is 9.15. The molecule has 3 unspecified atom stereocenters. The summed E-state index contributed by atoms with van der Waals surface area (Å²) >= 11 is 0. The number of nitrogen functional groups attached to an aromatic ring is 1. The van der Waals surface area contributed by atoms with E-state index in [1.165, 1.54) is 16.6 Å². The van der Waals surface area contributed by atoms with Crippen molar-refractivity contribution in [1.29, 1.82) is 0 Å². The van der Waals surface area contributed by atoms with Gasteiger partial charge in [0, 0.05) is 18.4 Å². The van der Waals surface area contributed by atoms with Gasteiger partial charge in [0.1, 0.15) is 11.5 Å².